The predicted molar refractivity (Wildman–Crippen MR) is 116 cm³/mol. The zero-order valence-electron chi connectivity index (χ0n) is 16.0. The summed E-state index contributed by atoms with van der Waals surface area (Å²) in [6.07, 6.45) is 4.48. The summed E-state index contributed by atoms with van der Waals surface area (Å²) < 4.78 is 1.20. The zero-order valence-corrected chi connectivity index (χ0v) is 17.6. The fourth-order valence-corrected chi connectivity index (χ4v) is 6.28. The maximum absolute atomic E-state index is 12.8. The van der Waals surface area contributed by atoms with Crippen LogP contribution in [0.3, 0.4) is 0 Å². The number of aromatic amines is 1. The molecule has 144 valence electrons. The van der Waals surface area contributed by atoms with Crippen LogP contribution in [0.25, 0.3) is 20.4 Å². The summed E-state index contributed by atoms with van der Waals surface area (Å²) in [6, 6.07) is 8.37. The van der Waals surface area contributed by atoms with E-state index in [1.165, 1.54) is 28.0 Å². The number of benzene rings is 1. The second kappa shape index (κ2) is 7.06. The normalized spacial score (nSPS) is 15.4. The molecule has 1 aliphatic carbocycles. The number of nitrogens with one attached hydrogen (secondary N) is 1. The van der Waals surface area contributed by atoms with E-state index >= 15 is 0 Å². The third-order valence-electron chi connectivity index (χ3n) is 5.60. The van der Waals surface area contributed by atoms with Gasteiger partial charge in [0.05, 0.1) is 28.2 Å². The third kappa shape index (κ3) is 3.07. The van der Waals surface area contributed by atoms with E-state index in [1.54, 1.807) is 22.7 Å². The standard InChI is InChI=1S/C21H22N4OS2/c1-12(20-22-14-8-4-6-10-16(14)28-20)25(2)11-17-23-19(26)18-13-7-3-5-9-15(13)27-21(18)24-17/h4,6,8,10,12H,3,5,7,9,11H2,1-2H3,(H,23,24,26)/t12-/m1/s1. The zero-order chi connectivity index (χ0) is 19.3. The van der Waals surface area contributed by atoms with Crippen molar-refractivity contribution in [3.05, 3.63) is 55.9 Å². The van der Waals surface area contributed by atoms with Gasteiger partial charge in [-0.05, 0) is 57.4 Å². The smallest absolute Gasteiger partial charge is 0.259 e. The SMILES string of the molecule is C[C@H](c1nc2ccccc2s1)N(C)Cc1nc2sc3c(c2c(=O)[nH]1)CCCC3. The maximum Gasteiger partial charge on any atom is 0.259 e. The van der Waals surface area contributed by atoms with Gasteiger partial charge >= 0.3 is 0 Å². The molecule has 5 rings (SSSR count). The topological polar surface area (TPSA) is 61.9 Å². The van der Waals surface area contributed by atoms with Crippen molar-refractivity contribution in [1.82, 2.24) is 19.9 Å². The second-order valence-electron chi connectivity index (χ2n) is 7.51. The first kappa shape index (κ1) is 18.0. The van der Waals surface area contributed by atoms with Crippen LogP contribution in [0.2, 0.25) is 0 Å². The molecule has 3 aromatic heterocycles. The van der Waals surface area contributed by atoms with E-state index in [0.717, 1.165) is 39.4 Å². The summed E-state index contributed by atoms with van der Waals surface area (Å²) in [6.45, 7) is 2.74. The van der Waals surface area contributed by atoms with Crippen LogP contribution >= 0.6 is 22.7 Å². The molecule has 0 saturated carbocycles. The highest BCUT2D eigenvalue weighted by atomic mass is 32.1. The fourth-order valence-electron chi connectivity index (χ4n) is 3.91. The molecule has 0 saturated heterocycles. The number of hydrogen-bond acceptors (Lipinski definition) is 6. The molecule has 1 aliphatic rings. The number of para-hydroxylation sites is 1. The van der Waals surface area contributed by atoms with Gasteiger partial charge in [-0.1, -0.05) is 12.1 Å². The van der Waals surface area contributed by atoms with Gasteiger partial charge in [0.2, 0.25) is 0 Å². The van der Waals surface area contributed by atoms with Gasteiger partial charge in [0, 0.05) is 4.88 Å². The third-order valence-corrected chi connectivity index (χ3v) is 7.99. The van der Waals surface area contributed by atoms with Crippen molar-refractivity contribution in [2.45, 2.75) is 45.2 Å². The van der Waals surface area contributed by atoms with E-state index in [9.17, 15) is 4.79 Å². The highest BCUT2D eigenvalue weighted by Crippen LogP contribution is 2.34. The number of rotatable bonds is 4. The van der Waals surface area contributed by atoms with Crippen molar-refractivity contribution in [2.75, 3.05) is 7.05 Å². The molecule has 0 spiro atoms. The summed E-state index contributed by atoms with van der Waals surface area (Å²) in [5.41, 5.74) is 2.29. The van der Waals surface area contributed by atoms with Crippen molar-refractivity contribution in [1.29, 1.82) is 0 Å². The fraction of sp³-hybridized carbons (Fsp3) is 0.381. The van der Waals surface area contributed by atoms with Crippen LogP contribution < -0.4 is 5.56 Å². The molecule has 4 aromatic rings. The van der Waals surface area contributed by atoms with E-state index < -0.39 is 0 Å². The molecule has 0 bridgehead atoms. The van der Waals surface area contributed by atoms with Crippen LogP contribution in [0.15, 0.2) is 29.1 Å². The number of thiophene rings is 1. The summed E-state index contributed by atoms with van der Waals surface area (Å²) >= 11 is 3.43. The van der Waals surface area contributed by atoms with E-state index in [0.29, 0.717) is 6.54 Å². The number of aryl methyl sites for hydroxylation is 2. The first-order valence-corrected chi connectivity index (χ1v) is 11.3. The van der Waals surface area contributed by atoms with Crippen LogP contribution in [0, 0.1) is 0 Å². The highest BCUT2D eigenvalue weighted by molar-refractivity contribution is 7.19. The van der Waals surface area contributed by atoms with Crippen molar-refractivity contribution in [2.24, 2.45) is 0 Å². The largest absolute Gasteiger partial charge is 0.309 e. The predicted octanol–water partition coefficient (Wildman–Crippen LogP) is 4.67. The van der Waals surface area contributed by atoms with Gasteiger partial charge < -0.3 is 4.98 Å². The summed E-state index contributed by atoms with van der Waals surface area (Å²) in [5.74, 6) is 0.728. The Labute approximate surface area is 171 Å². The monoisotopic (exact) mass is 410 g/mol. The molecule has 1 atom stereocenters. The van der Waals surface area contributed by atoms with Crippen LogP contribution in [-0.4, -0.2) is 26.9 Å². The molecule has 28 heavy (non-hydrogen) atoms. The second-order valence-corrected chi connectivity index (χ2v) is 9.66. The number of H-pyrrole nitrogens is 1. The molecule has 1 N–H and O–H groups in total. The van der Waals surface area contributed by atoms with Gasteiger partial charge in [-0.25, -0.2) is 9.97 Å². The lowest BCUT2D eigenvalue weighted by molar-refractivity contribution is 0.246. The minimum Gasteiger partial charge on any atom is -0.309 e. The Morgan fingerprint density at radius 1 is 1.18 bits per heavy atom. The van der Waals surface area contributed by atoms with Gasteiger partial charge in [-0.2, -0.15) is 0 Å². The van der Waals surface area contributed by atoms with E-state index in [4.69, 9.17) is 9.97 Å². The van der Waals surface area contributed by atoms with Crippen molar-refractivity contribution >= 4 is 43.1 Å². The lowest BCUT2D eigenvalue weighted by Crippen LogP contribution is -2.25. The average molecular weight is 411 g/mol. The minimum absolute atomic E-state index is 0.0143. The quantitative estimate of drug-likeness (QED) is 0.531. The van der Waals surface area contributed by atoms with Crippen LogP contribution in [-0.2, 0) is 19.4 Å². The van der Waals surface area contributed by atoms with Crippen LogP contribution in [0.4, 0.5) is 0 Å². The number of nitrogens with zero attached hydrogens (tertiary/aromatic N) is 3. The average Bonchev–Trinajstić information content (AvgIpc) is 3.28. The Bertz CT molecular complexity index is 1190. The molecular formula is C21H22N4OS2. The summed E-state index contributed by atoms with van der Waals surface area (Å²) in [5, 5.41) is 1.91. The molecule has 0 unspecified atom stereocenters. The van der Waals surface area contributed by atoms with Crippen LogP contribution in [0.1, 0.15) is 47.1 Å². The van der Waals surface area contributed by atoms with Crippen molar-refractivity contribution < 1.29 is 0 Å². The molecule has 1 aromatic carbocycles. The summed E-state index contributed by atoms with van der Waals surface area (Å²) in [7, 11) is 2.06. The first-order valence-electron chi connectivity index (χ1n) is 9.69. The Hall–Kier alpha value is -2.09. The van der Waals surface area contributed by atoms with Crippen molar-refractivity contribution in [3.8, 4) is 0 Å². The molecule has 0 aliphatic heterocycles. The molecular weight excluding hydrogens is 388 g/mol. The number of fused-ring (bicyclic) bond motifs is 4. The molecule has 7 heteroatoms. The number of aromatic nitrogens is 3. The minimum atomic E-state index is 0.0143. The number of hydrogen-bond donors (Lipinski definition) is 1. The molecule has 5 nitrogen and oxygen atoms in total. The molecule has 3 heterocycles. The van der Waals surface area contributed by atoms with E-state index in [2.05, 4.69) is 29.9 Å². The summed E-state index contributed by atoms with van der Waals surface area (Å²) in [4.78, 5) is 29.8. The van der Waals surface area contributed by atoms with Gasteiger partial charge in [0.25, 0.3) is 5.56 Å². The Morgan fingerprint density at radius 2 is 2.00 bits per heavy atom. The lowest BCUT2D eigenvalue weighted by Gasteiger charge is -2.22. The van der Waals surface area contributed by atoms with Gasteiger partial charge in [-0.15, -0.1) is 22.7 Å². The van der Waals surface area contributed by atoms with Gasteiger partial charge in [0.15, 0.2) is 0 Å². The molecule has 0 fully saturated rings. The van der Waals surface area contributed by atoms with Gasteiger partial charge in [0.1, 0.15) is 15.7 Å². The Kier molecular flexibility index (Phi) is 4.53. The number of thiazole rings is 1. The van der Waals surface area contributed by atoms with Gasteiger partial charge in [-0.3, -0.25) is 9.69 Å². The van der Waals surface area contributed by atoms with Crippen LogP contribution in [0.5, 0.6) is 0 Å². The highest BCUT2D eigenvalue weighted by Gasteiger charge is 2.21. The molecule has 0 radical (unpaired) electrons. The molecule has 0 amide bonds. The lowest BCUT2D eigenvalue weighted by atomic mass is 9.97. The van der Waals surface area contributed by atoms with E-state index in [-0.39, 0.29) is 11.6 Å². The first-order chi connectivity index (χ1) is 13.6. The Balaban J connectivity index is 1.43. The Morgan fingerprint density at radius 3 is 2.86 bits per heavy atom. The van der Waals surface area contributed by atoms with Crippen molar-refractivity contribution in [3.63, 3.8) is 0 Å². The maximum atomic E-state index is 12.8. The van der Waals surface area contributed by atoms with E-state index in [1.807, 2.05) is 18.2 Å².